The highest BCUT2D eigenvalue weighted by Gasteiger charge is 2.27. The molecule has 18 heavy (non-hydrogen) atoms. The van der Waals surface area contributed by atoms with Crippen LogP contribution in [0.25, 0.3) is 0 Å². The van der Waals surface area contributed by atoms with Crippen LogP contribution in [0.15, 0.2) is 24.3 Å². The van der Waals surface area contributed by atoms with Gasteiger partial charge in [-0.25, -0.2) is 0 Å². The van der Waals surface area contributed by atoms with Gasteiger partial charge in [-0.2, -0.15) is 0 Å². The molecule has 1 unspecified atom stereocenters. The number of benzene rings is 1. The smallest absolute Gasteiger partial charge is 0.241 e. The zero-order valence-electron chi connectivity index (χ0n) is 11.3. The average Bonchev–Trinajstić information content (AvgIpc) is 2.76. The molecule has 0 saturated carbocycles. The number of likely N-dealkylation sites (tertiary alicyclic amines) is 1. The Bertz CT molecular complexity index is 414. The first-order valence-electron chi connectivity index (χ1n) is 6.36. The lowest BCUT2D eigenvalue weighted by Crippen LogP contribution is -2.37. The minimum atomic E-state index is 0.0264. The molecule has 4 nitrogen and oxygen atoms in total. The summed E-state index contributed by atoms with van der Waals surface area (Å²) in [6, 6.07) is 7.94. The maximum atomic E-state index is 12.1. The van der Waals surface area contributed by atoms with E-state index in [0.29, 0.717) is 0 Å². The number of likely N-dealkylation sites (N-methyl/N-ethyl adjacent to an activating group) is 1. The molecule has 98 valence electrons. The number of nitrogens with one attached hydrogen (secondary N) is 1. The molecule has 1 N–H and O–H groups in total. The van der Waals surface area contributed by atoms with Gasteiger partial charge in [0.1, 0.15) is 0 Å². The molecule has 0 bridgehead atoms. The first-order chi connectivity index (χ1) is 8.58. The average molecular weight is 247 g/mol. The molecule has 0 radical (unpaired) electrons. The van der Waals surface area contributed by atoms with E-state index >= 15 is 0 Å². The summed E-state index contributed by atoms with van der Waals surface area (Å²) in [5.41, 5.74) is 2.00. The Balaban J connectivity index is 1.98. The molecule has 1 heterocycles. The van der Waals surface area contributed by atoms with Crippen molar-refractivity contribution in [3.63, 3.8) is 0 Å². The molecule has 1 aromatic rings. The van der Waals surface area contributed by atoms with Crippen LogP contribution in [0.3, 0.4) is 0 Å². The molecule has 1 saturated heterocycles. The molecule has 1 aliphatic heterocycles. The Morgan fingerprint density at radius 2 is 2.00 bits per heavy atom. The number of carbonyl (C=O) groups is 1. The maximum absolute atomic E-state index is 12.1. The van der Waals surface area contributed by atoms with Crippen molar-refractivity contribution in [2.45, 2.75) is 18.9 Å². The van der Waals surface area contributed by atoms with Gasteiger partial charge >= 0.3 is 0 Å². The second-order valence-electron chi connectivity index (χ2n) is 5.07. The number of amides is 1. The Morgan fingerprint density at radius 3 is 2.50 bits per heavy atom. The number of hydrogen-bond acceptors (Lipinski definition) is 3. The van der Waals surface area contributed by atoms with Crippen molar-refractivity contribution in [2.75, 3.05) is 37.9 Å². The normalized spacial score (nSPS) is 19.8. The SMILES string of the molecule is CN(C)c1ccc(NC(=O)C2CCCN2C)cc1. The van der Waals surface area contributed by atoms with E-state index in [0.717, 1.165) is 30.8 Å². The van der Waals surface area contributed by atoms with E-state index in [4.69, 9.17) is 0 Å². The maximum Gasteiger partial charge on any atom is 0.241 e. The Morgan fingerprint density at radius 1 is 1.33 bits per heavy atom. The number of carbonyl (C=O) groups excluding carboxylic acids is 1. The summed E-state index contributed by atoms with van der Waals surface area (Å²) in [6.07, 6.45) is 2.06. The third kappa shape index (κ3) is 2.82. The summed E-state index contributed by atoms with van der Waals surface area (Å²) in [5.74, 6) is 0.104. The van der Waals surface area contributed by atoms with Crippen molar-refractivity contribution in [2.24, 2.45) is 0 Å². The zero-order valence-corrected chi connectivity index (χ0v) is 11.3. The lowest BCUT2D eigenvalue weighted by molar-refractivity contribution is -0.119. The Kier molecular flexibility index (Phi) is 3.87. The van der Waals surface area contributed by atoms with Crippen LogP contribution in [0.5, 0.6) is 0 Å². The number of anilines is 2. The predicted molar refractivity (Wildman–Crippen MR) is 75.1 cm³/mol. The van der Waals surface area contributed by atoms with Crippen LogP contribution in [0.2, 0.25) is 0 Å². The van der Waals surface area contributed by atoms with Crippen LogP contribution in [0, 0.1) is 0 Å². The van der Waals surface area contributed by atoms with Crippen LogP contribution in [-0.4, -0.2) is 44.5 Å². The fraction of sp³-hybridized carbons (Fsp3) is 0.500. The summed E-state index contributed by atoms with van der Waals surface area (Å²) >= 11 is 0. The van der Waals surface area contributed by atoms with E-state index in [2.05, 4.69) is 10.2 Å². The van der Waals surface area contributed by atoms with Crippen LogP contribution >= 0.6 is 0 Å². The van der Waals surface area contributed by atoms with E-state index in [-0.39, 0.29) is 11.9 Å². The van der Waals surface area contributed by atoms with Crippen molar-refractivity contribution in [1.82, 2.24) is 4.90 Å². The third-order valence-corrected chi connectivity index (χ3v) is 3.47. The van der Waals surface area contributed by atoms with Crippen molar-refractivity contribution in [3.8, 4) is 0 Å². The topological polar surface area (TPSA) is 35.6 Å². The van der Waals surface area contributed by atoms with Gasteiger partial charge in [-0.3, -0.25) is 9.69 Å². The first-order valence-corrected chi connectivity index (χ1v) is 6.36. The third-order valence-electron chi connectivity index (χ3n) is 3.47. The first kappa shape index (κ1) is 12.9. The van der Waals surface area contributed by atoms with E-state index in [1.165, 1.54) is 0 Å². The standard InChI is InChI=1S/C14H21N3O/c1-16(2)12-8-6-11(7-9-12)15-14(18)13-5-4-10-17(13)3/h6-9,13H,4-5,10H2,1-3H3,(H,15,18). The van der Waals surface area contributed by atoms with Crippen molar-refractivity contribution < 1.29 is 4.79 Å². The van der Waals surface area contributed by atoms with Crippen molar-refractivity contribution >= 4 is 17.3 Å². The van der Waals surface area contributed by atoms with Gasteiger partial charge in [0.25, 0.3) is 0 Å². The van der Waals surface area contributed by atoms with Crippen LogP contribution in [0.4, 0.5) is 11.4 Å². The molecular formula is C14H21N3O. The molecule has 2 rings (SSSR count). The summed E-state index contributed by atoms with van der Waals surface area (Å²) in [7, 11) is 6.01. The van der Waals surface area contributed by atoms with Crippen molar-refractivity contribution in [1.29, 1.82) is 0 Å². The van der Waals surface area contributed by atoms with Gasteiger partial charge in [0, 0.05) is 25.5 Å². The molecule has 0 spiro atoms. The van der Waals surface area contributed by atoms with Gasteiger partial charge in [0.2, 0.25) is 5.91 Å². The fourth-order valence-electron chi connectivity index (χ4n) is 2.31. The lowest BCUT2D eigenvalue weighted by Gasteiger charge is -2.19. The van der Waals surface area contributed by atoms with Gasteiger partial charge in [0.05, 0.1) is 6.04 Å². The Hall–Kier alpha value is -1.55. The molecule has 1 fully saturated rings. The van der Waals surface area contributed by atoms with E-state index in [9.17, 15) is 4.79 Å². The minimum absolute atomic E-state index is 0.0264. The highest BCUT2D eigenvalue weighted by atomic mass is 16.2. The quantitative estimate of drug-likeness (QED) is 0.884. The molecule has 1 atom stereocenters. The summed E-state index contributed by atoms with van der Waals surface area (Å²) in [4.78, 5) is 16.2. The van der Waals surface area contributed by atoms with Gasteiger partial charge in [0.15, 0.2) is 0 Å². The predicted octanol–water partition coefficient (Wildman–Crippen LogP) is 1.79. The van der Waals surface area contributed by atoms with Gasteiger partial charge in [-0.15, -0.1) is 0 Å². The lowest BCUT2D eigenvalue weighted by atomic mass is 10.2. The van der Waals surface area contributed by atoms with E-state index in [1.807, 2.05) is 50.3 Å². The second kappa shape index (κ2) is 5.40. The van der Waals surface area contributed by atoms with E-state index < -0.39 is 0 Å². The number of nitrogens with zero attached hydrogens (tertiary/aromatic N) is 2. The van der Waals surface area contributed by atoms with Gasteiger partial charge in [-0.05, 0) is 50.7 Å². The highest BCUT2D eigenvalue weighted by molar-refractivity contribution is 5.95. The monoisotopic (exact) mass is 247 g/mol. The molecular weight excluding hydrogens is 226 g/mol. The molecule has 1 amide bonds. The van der Waals surface area contributed by atoms with Gasteiger partial charge in [-0.1, -0.05) is 0 Å². The summed E-state index contributed by atoms with van der Waals surface area (Å²) < 4.78 is 0. The molecule has 1 aliphatic rings. The van der Waals surface area contributed by atoms with Crippen LogP contribution < -0.4 is 10.2 Å². The summed E-state index contributed by atoms with van der Waals surface area (Å²) in [6.45, 7) is 1.01. The van der Waals surface area contributed by atoms with E-state index in [1.54, 1.807) is 0 Å². The number of rotatable bonds is 3. The highest BCUT2D eigenvalue weighted by Crippen LogP contribution is 2.19. The second-order valence-corrected chi connectivity index (χ2v) is 5.07. The minimum Gasteiger partial charge on any atom is -0.378 e. The molecule has 0 aliphatic carbocycles. The Labute approximate surface area is 109 Å². The summed E-state index contributed by atoms with van der Waals surface area (Å²) in [5, 5.41) is 2.98. The zero-order chi connectivity index (χ0) is 13.1. The van der Waals surface area contributed by atoms with Crippen molar-refractivity contribution in [3.05, 3.63) is 24.3 Å². The van der Waals surface area contributed by atoms with Crippen LogP contribution in [0.1, 0.15) is 12.8 Å². The largest absolute Gasteiger partial charge is 0.378 e. The van der Waals surface area contributed by atoms with Crippen LogP contribution in [-0.2, 0) is 4.79 Å². The fourth-order valence-corrected chi connectivity index (χ4v) is 2.31. The molecule has 1 aromatic carbocycles. The number of hydrogen-bond donors (Lipinski definition) is 1. The molecule has 0 aromatic heterocycles. The molecule has 4 heteroatoms. The van der Waals surface area contributed by atoms with Gasteiger partial charge < -0.3 is 10.2 Å².